The number of fused-ring (bicyclic) bond motifs is 1. The van der Waals surface area contributed by atoms with Crippen molar-refractivity contribution < 1.29 is 27.1 Å². The average Bonchev–Trinajstić information content (AvgIpc) is 2.63. The highest BCUT2D eigenvalue weighted by molar-refractivity contribution is 5.78. The molecule has 0 fully saturated rings. The van der Waals surface area contributed by atoms with Gasteiger partial charge in [-0.1, -0.05) is 23.4 Å². The zero-order chi connectivity index (χ0) is 21.2. The largest absolute Gasteiger partial charge is 0.573 e. The van der Waals surface area contributed by atoms with Crippen molar-refractivity contribution in [1.82, 2.24) is 20.3 Å². The number of carbonyl (C=O) groups excluding carboxylic acids is 1. The molecule has 11 heteroatoms. The van der Waals surface area contributed by atoms with E-state index in [2.05, 4.69) is 20.4 Å². The highest BCUT2D eigenvalue weighted by Crippen LogP contribution is 2.26. The van der Waals surface area contributed by atoms with Crippen LogP contribution in [0.1, 0.15) is 18.5 Å². The molecule has 29 heavy (non-hydrogen) atoms. The fraction of sp³-hybridized carbons (Fsp3) is 0.222. The normalized spacial score (nSPS) is 12.6. The fourth-order valence-corrected chi connectivity index (χ4v) is 2.68. The van der Waals surface area contributed by atoms with Crippen molar-refractivity contribution in [1.29, 1.82) is 0 Å². The molecule has 1 N–H and O–H groups in total. The number of aromatic nitrogens is 3. The summed E-state index contributed by atoms with van der Waals surface area (Å²) in [5.41, 5.74) is -0.186. The van der Waals surface area contributed by atoms with Crippen LogP contribution in [-0.2, 0) is 11.3 Å². The first kappa shape index (κ1) is 20.2. The van der Waals surface area contributed by atoms with Crippen LogP contribution in [0.2, 0.25) is 0 Å². The SMILES string of the molecule is C[C@H](NC(=O)Cn1nnc2ccccc2c1=O)c1ccc(OC(F)(F)F)cc1F. The molecule has 7 nitrogen and oxygen atoms in total. The molecule has 3 aromatic rings. The summed E-state index contributed by atoms with van der Waals surface area (Å²) in [6.07, 6.45) is -4.94. The Balaban J connectivity index is 1.71. The highest BCUT2D eigenvalue weighted by atomic mass is 19.4. The van der Waals surface area contributed by atoms with Gasteiger partial charge in [0.05, 0.1) is 11.4 Å². The first-order valence-electron chi connectivity index (χ1n) is 8.31. The van der Waals surface area contributed by atoms with E-state index in [9.17, 15) is 27.2 Å². The van der Waals surface area contributed by atoms with Crippen molar-refractivity contribution in [2.75, 3.05) is 0 Å². The van der Waals surface area contributed by atoms with Crippen LogP contribution < -0.4 is 15.6 Å². The minimum absolute atomic E-state index is 0.0511. The zero-order valence-electron chi connectivity index (χ0n) is 14.9. The van der Waals surface area contributed by atoms with Crippen LogP contribution in [0.25, 0.3) is 10.9 Å². The Labute approximate surface area is 160 Å². The lowest BCUT2D eigenvalue weighted by Gasteiger charge is -2.16. The molecule has 0 aliphatic rings. The van der Waals surface area contributed by atoms with Crippen LogP contribution in [0.5, 0.6) is 5.75 Å². The van der Waals surface area contributed by atoms with E-state index in [1.54, 1.807) is 24.3 Å². The lowest BCUT2D eigenvalue weighted by Crippen LogP contribution is -2.35. The van der Waals surface area contributed by atoms with Crippen LogP contribution in [0.15, 0.2) is 47.3 Å². The van der Waals surface area contributed by atoms with E-state index in [0.29, 0.717) is 11.6 Å². The maximum Gasteiger partial charge on any atom is 0.573 e. The Morgan fingerprint density at radius 1 is 1.24 bits per heavy atom. The van der Waals surface area contributed by atoms with Crippen molar-refractivity contribution in [3.8, 4) is 5.75 Å². The smallest absolute Gasteiger partial charge is 0.406 e. The topological polar surface area (TPSA) is 86.1 Å². The lowest BCUT2D eigenvalue weighted by atomic mass is 10.1. The molecule has 0 aliphatic heterocycles. The van der Waals surface area contributed by atoms with Crippen molar-refractivity contribution in [2.24, 2.45) is 0 Å². The molecule has 0 radical (unpaired) electrons. The Kier molecular flexibility index (Phi) is 5.48. The summed E-state index contributed by atoms with van der Waals surface area (Å²) < 4.78 is 55.2. The quantitative estimate of drug-likeness (QED) is 0.654. The second-order valence-corrected chi connectivity index (χ2v) is 6.09. The Bertz CT molecular complexity index is 1110. The van der Waals surface area contributed by atoms with Gasteiger partial charge < -0.3 is 10.1 Å². The van der Waals surface area contributed by atoms with Crippen molar-refractivity contribution in [3.63, 3.8) is 0 Å². The number of benzene rings is 2. The van der Waals surface area contributed by atoms with Gasteiger partial charge in [-0.2, -0.15) is 0 Å². The van der Waals surface area contributed by atoms with Gasteiger partial charge in [-0.25, -0.2) is 9.07 Å². The minimum Gasteiger partial charge on any atom is -0.406 e. The Morgan fingerprint density at radius 2 is 1.97 bits per heavy atom. The molecule has 0 bridgehead atoms. The number of hydrogen-bond acceptors (Lipinski definition) is 5. The van der Waals surface area contributed by atoms with Crippen LogP contribution >= 0.6 is 0 Å². The summed E-state index contributed by atoms with van der Waals surface area (Å²) in [6.45, 7) is 0.980. The maximum atomic E-state index is 14.1. The standard InChI is InChI=1S/C18H14F4N4O3/c1-10(12-7-6-11(8-14(12)19)29-18(20,21)22)23-16(27)9-26-17(28)13-4-2-3-5-15(13)24-25-26/h2-8,10H,9H2,1H3,(H,23,27)/t10-/m0/s1. The monoisotopic (exact) mass is 410 g/mol. The number of carbonyl (C=O) groups is 1. The molecule has 0 unspecified atom stereocenters. The summed E-state index contributed by atoms with van der Waals surface area (Å²) in [5.74, 6) is -2.35. The number of nitrogens with zero attached hydrogens (tertiary/aromatic N) is 3. The summed E-state index contributed by atoms with van der Waals surface area (Å²) in [5, 5.41) is 10.3. The van der Waals surface area contributed by atoms with Gasteiger partial charge in [-0.05, 0) is 25.1 Å². The molecule has 0 spiro atoms. The Hall–Kier alpha value is -3.50. The first-order chi connectivity index (χ1) is 13.6. The number of amides is 1. The summed E-state index contributed by atoms with van der Waals surface area (Å²) in [7, 11) is 0. The van der Waals surface area contributed by atoms with E-state index < -0.39 is 42.0 Å². The van der Waals surface area contributed by atoms with Gasteiger partial charge in [0.15, 0.2) is 0 Å². The van der Waals surface area contributed by atoms with Gasteiger partial charge in [0.1, 0.15) is 23.6 Å². The summed E-state index contributed by atoms with van der Waals surface area (Å²) >= 11 is 0. The number of rotatable bonds is 5. The van der Waals surface area contributed by atoms with Gasteiger partial charge in [0.25, 0.3) is 5.56 Å². The van der Waals surface area contributed by atoms with Crippen molar-refractivity contribution in [3.05, 3.63) is 64.2 Å². The van der Waals surface area contributed by atoms with E-state index in [1.807, 2.05) is 0 Å². The van der Waals surface area contributed by atoms with Gasteiger partial charge in [-0.15, -0.1) is 18.3 Å². The summed E-state index contributed by atoms with van der Waals surface area (Å²) in [4.78, 5) is 24.6. The van der Waals surface area contributed by atoms with E-state index in [1.165, 1.54) is 6.92 Å². The number of alkyl halides is 3. The van der Waals surface area contributed by atoms with Gasteiger partial charge in [-0.3, -0.25) is 9.59 Å². The van der Waals surface area contributed by atoms with Gasteiger partial charge >= 0.3 is 6.36 Å². The van der Waals surface area contributed by atoms with Crippen molar-refractivity contribution >= 4 is 16.8 Å². The molecule has 3 rings (SSSR count). The Morgan fingerprint density at radius 3 is 2.66 bits per heavy atom. The van der Waals surface area contributed by atoms with Crippen LogP contribution in [0, 0.1) is 5.82 Å². The third kappa shape index (κ3) is 4.86. The highest BCUT2D eigenvalue weighted by Gasteiger charge is 2.31. The molecule has 1 heterocycles. The molecule has 0 saturated carbocycles. The van der Waals surface area contributed by atoms with E-state index in [0.717, 1.165) is 16.8 Å². The molecule has 0 saturated heterocycles. The van der Waals surface area contributed by atoms with E-state index in [-0.39, 0.29) is 10.9 Å². The number of halogens is 4. The average molecular weight is 410 g/mol. The second kappa shape index (κ2) is 7.86. The lowest BCUT2D eigenvalue weighted by molar-refractivity contribution is -0.274. The third-order valence-corrected chi connectivity index (χ3v) is 3.97. The zero-order valence-corrected chi connectivity index (χ0v) is 14.9. The van der Waals surface area contributed by atoms with Gasteiger partial charge in [0, 0.05) is 11.6 Å². The molecule has 2 aromatic carbocycles. The number of ether oxygens (including phenoxy) is 1. The van der Waals surface area contributed by atoms with E-state index in [4.69, 9.17) is 0 Å². The number of nitrogens with one attached hydrogen (secondary N) is 1. The molecule has 152 valence electrons. The molecule has 1 atom stereocenters. The predicted molar refractivity (Wildman–Crippen MR) is 93.4 cm³/mol. The predicted octanol–water partition coefficient (Wildman–Crippen LogP) is 2.71. The molecule has 1 amide bonds. The molecule has 0 aliphatic carbocycles. The van der Waals surface area contributed by atoms with Crippen molar-refractivity contribution in [2.45, 2.75) is 25.9 Å². The summed E-state index contributed by atoms with van der Waals surface area (Å²) in [6, 6.07) is 8.18. The molecular formula is C18H14F4N4O3. The maximum absolute atomic E-state index is 14.1. The first-order valence-corrected chi connectivity index (χ1v) is 8.31. The van der Waals surface area contributed by atoms with Crippen LogP contribution in [-0.4, -0.2) is 27.3 Å². The third-order valence-electron chi connectivity index (χ3n) is 3.97. The second-order valence-electron chi connectivity index (χ2n) is 6.09. The molecular weight excluding hydrogens is 396 g/mol. The fourth-order valence-electron chi connectivity index (χ4n) is 2.68. The van der Waals surface area contributed by atoms with E-state index >= 15 is 0 Å². The minimum atomic E-state index is -4.94. The van der Waals surface area contributed by atoms with Crippen LogP contribution in [0.4, 0.5) is 17.6 Å². The number of hydrogen-bond donors (Lipinski definition) is 1. The molecule has 1 aromatic heterocycles. The van der Waals surface area contributed by atoms with Crippen LogP contribution in [0.3, 0.4) is 0 Å². The van der Waals surface area contributed by atoms with Gasteiger partial charge in [0.2, 0.25) is 5.91 Å².